The average Bonchev–Trinajstić information content (AvgIpc) is 2.54. The van der Waals surface area contributed by atoms with Crippen molar-refractivity contribution in [3.8, 4) is 0 Å². The van der Waals surface area contributed by atoms with Gasteiger partial charge >= 0.3 is 0 Å². The fourth-order valence-electron chi connectivity index (χ4n) is 3.17. The lowest BCUT2D eigenvalue weighted by Gasteiger charge is -2.36. The minimum atomic E-state index is 0.131. The molecule has 2 aromatic carbocycles. The van der Waals surface area contributed by atoms with E-state index in [0.29, 0.717) is 5.92 Å². The first kappa shape index (κ1) is 14.1. The van der Waals surface area contributed by atoms with E-state index in [1.807, 2.05) is 41.3 Å². The highest BCUT2D eigenvalue weighted by Crippen LogP contribution is 2.22. The molecule has 2 atom stereocenters. The van der Waals surface area contributed by atoms with Crippen LogP contribution in [-0.2, 0) is 0 Å². The Morgan fingerprint density at radius 3 is 2.76 bits per heavy atom. The van der Waals surface area contributed by atoms with E-state index < -0.39 is 0 Å². The average molecular weight is 282 g/mol. The van der Waals surface area contributed by atoms with Crippen molar-refractivity contribution in [1.29, 1.82) is 0 Å². The Morgan fingerprint density at radius 2 is 2.00 bits per heavy atom. The van der Waals surface area contributed by atoms with Crippen LogP contribution in [0.25, 0.3) is 10.8 Å². The standard InChI is InChI=1S/C18H22N2O/c1-2-13-12-20(10-9-17(13)19)18(21)16-8-7-14-5-3-4-6-15(14)11-16/h3-8,11,13,17H,2,9-10,12,19H2,1H3. The summed E-state index contributed by atoms with van der Waals surface area (Å²) in [5.74, 6) is 0.550. The molecule has 1 heterocycles. The van der Waals surface area contributed by atoms with Crippen LogP contribution in [0.3, 0.4) is 0 Å². The van der Waals surface area contributed by atoms with Crippen molar-refractivity contribution in [2.45, 2.75) is 25.8 Å². The molecular weight excluding hydrogens is 260 g/mol. The van der Waals surface area contributed by atoms with E-state index in [9.17, 15) is 4.79 Å². The van der Waals surface area contributed by atoms with Gasteiger partial charge in [-0.2, -0.15) is 0 Å². The fraction of sp³-hybridized carbons (Fsp3) is 0.389. The number of piperidine rings is 1. The topological polar surface area (TPSA) is 46.3 Å². The number of fused-ring (bicyclic) bond motifs is 1. The number of nitrogens with zero attached hydrogens (tertiary/aromatic N) is 1. The quantitative estimate of drug-likeness (QED) is 0.920. The Bertz CT molecular complexity index is 652. The first-order valence-corrected chi connectivity index (χ1v) is 7.72. The third-order valence-corrected chi connectivity index (χ3v) is 4.60. The number of carbonyl (C=O) groups excluding carboxylic acids is 1. The second kappa shape index (κ2) is 5.86. The molecule has 3 rings (SSSR count). The molecule has 2 unspecified atom stereocenters. The van der Waals surface area contributed by atoms with E-state index in [1.165, 1.54) is 5.39 Å². The Kier molecular flexibility index (Phi) is 3.93. The van der Waals surface area contributed by atoms with Gasteiger partial charge in [0.25, 0.3) is 5.91 Å². The van der Waals surface area contributed by atoms with Crippen molar-refractivity contribution in [3.63, 3.8) is 0 Å². The molecule has 0 aromatic heterocycles. The molecule has 2 N–H and O–H groups in total. The maximum absolute atomic E-state index is 12.7. The molecule has 0 aliphatic carbocycles. The maximum atomic E-state index is 12.7. The zero-order valence-electron chi connectivity index (χ0n) is 12.5. The molecule has 1 amide bonds. The number of carbonyl (C=O) groups is 1. The molecule has 1 aliphatic heterocycles. The first-order chi connectivity index (χ1) is 10.2. The van der Waals surface area contributed by atoms with Crippen molar-refractivity contribution in [2.75, 3.05) is 13.1 Å². The number of hydrogen-bond acceptors (Lipinski definition) is 2. The maximum Gasteiger partial charge on any atom is 0.253 e. The molecule has 1 fully saturated rings. The largest absolute Gasteiger partial charge is 0.338 e. The molecule has 2 aromatic rings. The van der Waals surface area contributed by atoms with Crippen LogP contribution in [0.1, 0.15) is 30.1 Å². The highest BCUT2D eigenvalue weighted by molar-refractivity contribution is 5.98. The first-order valence-electron chi connectivity index (χ1n) is 7.72. The number of amides is 1. The van der Waals surface area contributed by atoms with Crippen molar-refractivity contribution in [2.24, 2.45) is 11.7 Å². The number of nitrogens with two attached hydrogens (primary N) is 1. The number of rotatable bonds is 2. The lowest BCUT2D eigenvalue weighted by molar-refractivity contribution is 0.0649. The minimum Gasteiger partial charge on any atom is -0.338 e. The summed E-state index contributed by atoms with van der Waals surface area (Å²) in [6.45, 7) is 3.70. The highest BCUT2D eigenvalue weighted by Gasteiger charge is 2.28. The lowest BCUT2D eigenvalue weighted by Crippen LogP contribution is -2.49. The Labute approximate surface area is 125 Å². The van der Waals surface area contributed by atoms with Crippen molar-refractivity contribution >= 4 is 16.7 Å². The second-order valence-electron chi connectivity index (χ2n) is 5.93. The summed E-state index contributed by atoms with van der Waals surface area (Å²) in [4.78, 5) is 14.7. The number of hydrogen-bond donors (Lipinski definition) is 1. The second-order valence-corrected chi connectivity index (χ2v) is 5.93. The summed E-state index contributed by atoms with van der Waals surface area (Å²) in [6, 6.07) is 14.3. The third-order valence-electron chi connectivity index (χ3n) is 4.60. The summed E-state index contributed by atoms with van der Waals surface area (Å²) in [5.41, 5.74) is 6.90. The van der Waals surface area contributed by atoms with Crippen LogP contribution in [0.4, 0.5) is 0 Å². The Hall–Kier alpha value is -1.87. The zero-order valence-corrected chi connectivity index (χ0v) is 12.5. The number of likely N-dealkylation sites (tertiary alicyclic amines) is 1. The van der Waals surface area contributed by atoms with Crippen LogP contribution in [0, 0.1) is 5.92 Å². The molecule has 21 heavy (non-hydrogen) atoms. The van der Waals surface area contributed by atoms with Gasteiger partial charge in [-0.1, -0.05) is 43.7 Å². The van der Waals surface area contributed by atoms with Gasteiger partial charge < -0.3 is 10.6 Å². The molecule has 0 radical (unpaired) electrons. The molecule has 3 heteroatoms. The van der Waals surface area contributed by atoms with Crippen LogP contribution in [0.5, 0.6) is 0 Å². The summed E-state index contributed by atoms with van der Waals surface area (Å²) >= 11 is 0. The molecule has 0 bridgehead atoms. The summed E-state index contributed by atoms with van der Waals surface area (Å²) < 4.78 is 0. The molecule has 0 spiro atoms. The van der Waals surface area contributed by atoms with E-state index >= 15 is 0 Å². The van der Waals surface area contributed by atoms with E-state index in [1.54, 1.807) is 0 Å². The lowest BCUT2D eigenvalue weighted by atomic mass is 9.90. The monoisotopic (exact) mass is 282 g/mol. The SMILES string of the molecule is CCC1CN(C(=O)c2ccc3ccccc3c2)CCC1N. The van der Waals surface area contributed by atoms with Gasteiger partial charge in [0, 0.05) is 24.7 Å². The highest BCUT2D eigenvalue weighted by atomic mass is 16.2. The van der Waals surface area contributed by atoms with E-state index in [4.69, 9.17) is 5.73 Å². The van der Waals surface area contributed by atoms with Crippen LogP contribution in [0.15, 0.2) is 42.5 Å². The van der Waals surface area contributed by atoms with Gasteiger partial charge in [0.1, 0.15) is 0 Å². The van der Waals surface area contributed by atoms with Crippen LogP contribution in [-0.4, -0.2) is 29.9 Å². The van der Waals surface area contributed by atoms with E-state index in [2.05, 4.69) is 13.0 Å². The molecule has 110 valence electrons. The van der Waals surface area contributed by atoms with Crippen LogP contribution < -0.4 is 5.73 Å². The summed E-state index contributed by atoms with van der Waals surface area (Å²) in [7, 11) is 0. The minimum absolute atomic E-state index is 0.131. The smallest absolute Gasteiger partial charge is 0.253 e. The molecule has 0 saturated carbocycles. The van der Waals surface area contributed by atoms with Crippen LogP contribution in [0.2, 0.25) is 0 Å². The summed E-state index contributed by atoms with van der Waals surface area (Å²) in [5, 5.41) is 2.28. The summed E-state index contributed by atoms with van der Waals surface area (Å²) in [6.07, 6.45) is 1.93. The Morgan fingerprint density at radius 1 is 1.24 bits per heavy atom. The van der Waals surface area contributed by atoms with Crippen LogP contribution >= 0.6 is 0 Å². The normalized spacial score (nSPS) is 22.5. The predicted molar refractivity (Wildman–Crippen MR) is 86.2 cm³/mol. The van der Waals surface area contributed by atoms with Gasteiger partial charge in [0.15, 0.2) is 0 Å². The van der Waals surface area contributed by atoms with Gasteiger partial charge in [-0.05, 0) is 35.2 Å². The molecular formula is C18H22N2O. The Balaban J connectivity index is 1.83. The fourth-order valence-corrected chi connectivity index (χ4v) is 3.17. The van der Waals surface area contributed by atoms with Gasteiger partial charge in [-0.15, -0.1) is 0 Å². The zero-order chi connectivity index (χ0) is 14.8. The number of benzene rings is 2. The van der Waals surface area contributed by atoms with Gasteiger partial charge in [-0.3, -0.25) is 4.79 Å². The van der Waals surface area contributed by atoms with Gasteiger partial charge in [0.05, 0.1) is 0 Å². The molecule has 1 aliphatic rings. The van der Waals surface area contributed by atoms with Gasteiger partial charge in [0.2, 0.25) is 0 Å². The predicted octanol–water partition coefficient (Wildman–Crippen LogP) is 3.04. The third kappa shape index (κ3) is 2.79. The van der Waals surface area contributed by atoms with Crippen molar-refractivity contribution in [1.82, 2.24) is 4.90 Å². The van der Waals surface area contributed by atoms with E-state index in [-0.39, 0.29) is 11.9 Å². The van der Waals surface area contributed by atoms with Crippen molar-refractivity contribution < 1.29 is 4.79 Å². The van der Waals surface area contributed by atoms with E-state index in [0.717, 1.165) is 36.9 Å². The molecule has 1 saturated heterocycles. The van der Waals surface area contributed by atoms with Gasteiger partial charge in [-0.25, -0.2) is 0 Å². The molecule has 3 nitrogen and oxygen atoms in total. The van der Waals surface area contributed by atoms with Crippen molar-refractivity contribution in [3.05, 3.63) is 48.0 Å².